The highest BCUT2D eigenvalue weighted by molar-refractivity contribution is 7.89. The number of rotatable bonds is 6. The number of carbonyl (C=O) groups excluding carboxylic acids is 1. The molecule has 8 heteroatoms. The average molecular weight is 473 g/mol. The molecule has 0 spiro atoms. The summed E-state index contributed by atoms with van der Waals surface area (Å²) in [7, 11) is -3.60. The fourth-order valence-electron chi connectivity index (χ4n) is 4.23. The second-order valence-electron chi connectivity index (χ2n) is 8.16. The Hall–Kier alpha value is -3.75. The van der Waals surface area contributed by atoms with Crippen molar-refractivity contribution in [1.29, 1.82) is 0 Å². The predicted molar refractivity (Wildman–Crippen MR) is 133 cm³/mol. The lowest BCUT2D eigenvalue weighted by atomic mass is 10.1. The maximum atomic E-state index is 12.8. The van der Waals surface area contributed by atoms with Crippen LogP contribution in [0.25, 0.3) is 22.2 Å². The Morgan fingerprint density at radius 3 is 2.47 bits per heavy atom. The summed E-state index contributed by atoms with van der Waals surface area (Å²) in [5, 5.41) is 5.18. The summed E-state index contributed by atoms with van der Waals surface area (Å²) in [4.78, 5) is 16.3. The van der Waals surface area contributed by atoms with Gasteiger partial charge in [-0.2, -0.15) is 9.41 Å². The Bertz CT molecular complexity index is 1470. The minimum absolute atomic E-state index is 0.119. The molecule has 34 heavy (non-hydrogen) atoms. The van der Waals surface area contributed by atoms with Crippen LogP contribution in [0.5, 0.6) is 0 Å². The number of nitrogens with one attached hydrogen (secondary N) is 2. The van der Waals surface area contributed by atoms with Gasteiger partial charge in [0.15, 0.2) is 0 Å². The molecule has 1 aliphatic heterocycles. The molecule has 1 aliphatic rings. The van der Waals surface area contributed by atoms with Crippen LogP contribution in [0.2, 0.25) is 0 Å². The predicted octanol–water partition coefficient (Wildman–Crippen LogP) is 4.38. The van der Waals surface area contributed by atoms with Gasteiger partial charge in [-0.25, -0.2) is 13.8 Å². The van der Waals surface area contributed by atoms with Gasteiger partial charge in [-0.3, -0.25) is 4.79 Å². The van der Waals surface area contributed by atoms with E-state index in [0.29, 0.717) is 13.1 Å². The molecule has 5 rings (SSSR count). The molecule has 172 valence electrons. The fourth-order valence-corrected chi connectivity index (χ4v) is 5.79. The van der Waals surface area contributed by atoms with E-state index in [1.807, 2.05) is 54.6 Å². The summed E-state index contributed by atoms with van der Waals surface area (Å²) in [5.41, 5.74) is 6.50. The maximum Gasteiger partial charge on any atom is 0.271 e. The molecule has 7 nitrogen and oxygen atoms in total. The largest absolute Gasteiger partial charge is 0.354 e. The minimum Gasteiger partial charge on any atom is -0.354 e. The molecule has 1 fully saturated rings. The van der Waals surface area contributed by atoms with Gasteiger partial charge in [0.25, 0.3) is 5.91 Å². The van der Waals surface area contributed by atoms with E-state index in [0.717, 1.165) is 40.6 Å². The molecule has 0 atom stereocenters. The Morgan fingerprint density at radius 1 is 0.941 bits per heavy atom. The molecule has 0 aliphatic carbocycles. The third-order valence-corrected chi connectivity index (χ3v) is 7.86. The van der Waals surface area contributed by atoms with Crippen LogP contribution in [-0.2, 0) is 10.0 Å². The zero-order valence-electron chi connectivity index (χ0n) is 18.4. The first-order chi connectivity index (χ1) is 16.5. The lowest BCUT2D eigenvalue weighted by molar-refractivity contribution is 0.0955. The van der Waals surface area contributed by atoms with Crippen LogP contribution >= 0.6 is 0 Å². The molecule has 1 saturated heterocycles. The second-order valence-corrected chi connectivity index (χ2v) is 10.1. The molecule has 2 N–H and O–H groups in total. The van der Waals surface area contributed by atoms with E-state index >= 15 is 0 Å². The van der Waals surface area contributed by atoms with Gasteiger partial charge in [-0.15, -0.1) is 0 Å². The van der Waals surface area contributed by atoms with Gasteiger partial charge in [0, 0.05) is 35.1 Å². The smallest absolute Gasteiger partial charge is 0.271 e. The summed E-state index contributed by atoms with van der Waals surface area (Å²) in [6, 6.07) is 23.9. The Labute approximate surface area is 198 Å². The lowest BCUT2D eigenvalue weighted by Gasteiger charge is -2.15. The van der Waals surface area contributed by atoms with Gasteiger partial charge in [0.1, 0.15) is 0 Å². The molecular weight excluding hydrogens is 448 g/mol. The van der Waals surface area contributed by atoms with Gasteiger partial charge in [0.05, 0.1) is 16.8 Å². The highest BCUT2D eigenvalue weighted by Gasteiger charge is 2.27. The number of hydrazone groups is 1. The third kappa shape index (κ3) is 4.25. The Balaban J connectivity index is 1.40. The van der Waals surface area contributed by atoms with Gasteiger partial charge in [0.2, 0.25) is 10.0 Å². The number of H-pyrrole nitrogens is 1. The van der Waals surface area contributed by atoms with Crippen molar-refractivity contribution in [2.24, 2.45) is 5.10 Å². The van der Waals surface area contributed by atoms with Crippen molar-refractivity contribution < 1.29 is 13.2 Å². The van der Waals surface area contributed by atoms with Crippen molar-refractivity contribution in [1.82, 2.24) is 14.7 Å². The van der Waals surface area contributed by atoms with E-state index in [2.05, 4.69) is 15.5 Å². The number of aromatic amines is 1. The number of sulfonamides is 1. The van der Waals surface area contributed by atoms with Gasteiger partial charge >= 0.3 is 0 Å². The van der Waals surface area contributed by atoms with Crippen LogP contribution in [0.15, 0.2) is 88.9 Å². The first kappa shape index (κ1) is 22.1. The van der Waals surface area contributed by atoms with E-state index < -0.39 is 15.9 Å². The van der Waals surface area contributed by atoms with Crippen molar-refractivity contribution >= 4 is 33.0 Å². The normalized spacial score (nSPS) is 14.7. The zero-order valence-corrected chi connectivity index (χ0v) is 19.3. The fraction of sp³-hybridized carbons (Fsp3) is 0.154. The molecule has 0 unspecified atom stereocenters. The van der Waals surface area contributed by atoms with Crippen LogP contribution in [0.1, 0.15) is 28.8 Å². The highest BCUT2D eigenvalue weighted by atomic mass is 32.2. The number of aromatic nitrogens is 1. The van der Waals surface area contributed by atoms with Crippen molar-refractivity contribution in [3.05, 3.63) is 90.0 Å². The number of carbonyl (C=O) groups is 1. The standard InChI is InChI=1S/C26H24N4O3S/c31-26(20-11-8-12-21(17-20)34(32,33)30-15-6-7-16-30)29-27-18-23-22-13-4-5-14-24(22)28-25(23)19-9-2-1-3-10-19/h1-5,8-14,17-18,28H,6-7,15-16H2,(H,29,31). The Morgan fingerprint density at radius 2 is 1.68 bits per heavy atom. The van der Waals surface area contributed by atoms with E-state index in [-0.39, 0.29) is 10.5 Å². The molecule has 0 bridgehead atoms. The molecule has 0 radical (unpaired) electrons. The molecule has 0 saturated carbocycles. The summed E-state index contributed by atoms with van der Waals surface area (Å²) in [5.74, 6) is -0.476. The highest BCUT2D eigenvalue weighted by Crippen LogP contribution is 2.29. The topological polar surface area (TPSA) is 94.6 Å². The second kappa shape index (κ2) is 9.24. The summed E-state index contributed by atoms with van der Waals surface area (Å²) < 4.78 is 27.1. The van der Waals surface area contributed by atoms with Crippen LogP contribution in [0.4, 0.5) is 0 Å². The first-order valence-corrected chi connectivity index (χ1v) is 12.6. The number of hydrogen-bond donors (Lipinski definition) is 2. The van der Waals surface area contributed by atoms with Crippen LogP contribution in [0.3, 0.4) is 0 Å². The number of amides is 1. The van der Waals surface area contributed by atoms with Gasteiger partial charge in [-0.1, -0.05) is 54.6 Å². The number of nitrogens with zero attached hydrogens (tertiary/aromatic N) is 2. The summed E-state index contributed by atoms with van der Waals surface area (Å²) in [6.07, 6.45) is 3.32. The molecular formula is C26H24N4O3S. The number of hydrogen-bond acceptors (Lipinski definition) is 4. The summed E-state index contributed by atoms with van der Waals surface area (Å²) >= 11 is 0. The molecule has 4 aromatic rings. The van der Waals surface area contributed by atoms with E-state index in [1.54, 1.807) is 18.3 Å². The van der Waals surface area contributed by atoms with Crippen molar-refractivity contribution in [3.8, 4) is 11.3 Å². The van der Waals surface area contributed by atoms with E-state index in [4.69, 9.17) is 0 Å². The maximum absolute atomic E-state index is 12.8. The quantitative estimate of drug-likeness (QED) is 0.322. The van der Waals surface area contributed by atoms with Crippen LogP contribution < -0.4 is 5.43 Å². The Kier molecular flexibility index (Phi) is 6.00. The lowest BCUT2D eigenvalue weighted by Crippen LogP contribution is -2.28. The third-order valence-electron chi connectivity index (χ3n) is 5.97. The summed E-state index contributed by atoms with van der Waals surface area (Å²) in [6.45, 7) is 1.02. The zero-order chi connectivity index (χ0) is 23.5. The molecule has 2 heterocycles. The number of para-hydroxylation sites is 1. The molecule has 1 amide bonds. The molecule has 3 aromatic carbocycles. The minimum atomic E-state index is -3.60. The monoisotopic (exact) mass is 472 g/mol. The van der Waals surface area contributed by atoms with Crippen LogP contribution in [0, 0.1) is 0 Å². The van der Waals surface area contributed by atoms with Crippen molar-refractivity contribution in [2.45, 2.75) is 17.7 Å². The van der Waals surface area contributed by atoms with Gasteiger partial charge < -0.3 is 4.98 Å². The van der Waals surface area contributed by atoms with Crippen LogP contribution in [-0.4, -0.2) is 42.9 Å². The number of fused-ring (bicyclic) bond motifs is 1. The number of benzene rings is 3. The molecule has 1 aromatic heterocycles. The van der Waals surface area contributed by atoms with E-state index in [1.165, 1.54) is 16.4 Å². The van der Waals surface area contributed by atoms with E-state index in [9.17, 15) is 13.2 Å². The first-order valence-electron chi connectivity index (χ1n) is 11.1. The average Bonchev–Trinajstić information content (AvgIpc) is 3.54. The van der Waals surface area contributed by atoms with Crippen molar-refractivity contribution in [3.63, 3.8) is 0 Å². The SMILES string of the molecule is O=C(NN=Cc1c(-c2ccccc2)[nH]c2ccccc12)c1cccc(S(=O)(=O)N2CCCC2)c1. The van der Waals surface area contributed by atoms with Gasteiger partial charge in [-0.05, 0) is 42.7 Å². The van der Waals surface area contributed by atoms with Crippen molar-refractivity contribution in [2.75, 3.05) is 13.1 Å².